The van der Waals surface area contributed by atoms with Crippen LogP contribution in [0.15, 0.2) is 18.2 Å². The van der Waals surface area contributed by atoms with Crippen molar-refractivity contribution in [2.45, 2.75) is 13.0 Å². The second kappa shape index (κ2) is 4.79. The van der Waals surface area contributed by atoms with Gasteiger partial charge in [-0.2, -0.15) is 0 Å². The number of carbonyl (C=O) groups is 1. The van der Waals surface area contributed by atoms with Gasteiger partial charge in [0.25, 0.3) is 0 Å². The third kappa shape index (κ3) is 2.47. The monoisotopic (exact) mass is 210 g/mol. The van der Waals surface area contributed by atoms with E-state index in [0.29, 0.717) is 11.3 Å². The molecule has 1 aromatic rings. The van der Waals surface area contributed by atoms with Crippen molar-refractivity contribution < 1.29 is 19.4 Å². The summed E-state index contributed by atoms with van der Waals surface area (Å²) in [5.41, 5.74) is 1.36. The number of rotatable bonds is 3. The summed E-state index contributed by atoms with van der Waals surface area (Å²) < 4.78 is 9.51. The smallest absolute Gasteiger partial charge is 0.339 e. The van der Waals surface area contributed by atoms with E-state index < -0.39 is 12.1 Å². The minimum absolute atomic E-state index is 0.421. The molecule has 4 nitrogen and oxygen atoms in total. The predicted molar refractivity (Wildman–Crippen MR) is 54.7 cm³/mol. The van der Waals surface area contributed by atoms with Crippen molar-refractivity contribution in [2.75, 3.05) is 14.2 Å². The highest BCUT2D eigenvalue weighted by atomic mass is 16.5. The minimum atomic E-state index is -1.30. The van der Waals surface area contributed by atoms with Gasteiger partial charge in [-0.05, 0) is 19.1 Å². The summed E-state index contributed by atoms with van der Waals surface area (Å²) in [7, 11) is 2.71. The van der Waals surface area contributed by atoms with E-state index in [-0.39, 0.29) is 0 Å². The van der Waals surface area contributed by atoms with Crippen molar-refractivity contribution >= 4 is 5.97 Å². The highest BCUT2D eigenvalue weighted by molar-refractivity contribution is 5.77. The van der Waals surface area contributed by atoms with Gasteiger partial charge in [0.15, 0.2) is 6.10 Å². The van der Waals surface area contributed by atoms with Crippen LogP contribution < -0.4 is 4.74 Å². The Morgan fingerprint density at radius 1 is 1.40 bits per heavy atom. The molecule has 0 saturated carbocycles. The zero-order valence-electron chi connectivity index (χ0n) is 8.98. The number of aryl methyl sites for hydroxylation is 1. The summed E-state index contributed by atoms with van der Waals surface area (Å²) in [6.45, 7) is 1.87. The van der Waals surface area contributed by atoms with Crippen molar-refractivity contribution in [1.29, 1.82) is 0 Å². The van der Waals surface area contributed by atoms with Crippen molar-refractivity contribution in [3.05, 3.63) is 29.3 Å². The number of aliphatic hydroxyl groups is 1. The lowest BCUT2D eigenvalue weighted by Crippen LogP contribution is -2.14. The number of hydrogen-bond donors (Lipinski definition) is 1. The fraction of sp³-hybridized carbons (Fsp3) is 0.364. The standard InChI is InChI=1S/C11H14O4/c1-7-4-5-9(14-2)8(6-7)10(12)11(13)15-3/h4-6,10,12H,1-3H3. The Morgan fingerprint density at radius 3 is 2.60 bits per heavy atom. The average molecular weight is 210 g/mol. The number of carbonyl (C=O) groups excluding carboxylic acids is 1. The molecule has 1 unspecified atom stereocenters. The van der Waals surface area contributed by atoms with Crippen LogP contribution >= 0.6 is 0 Å². The molecule has 0 bridgehead atoms. The maximum Gasteiger partial charge on any atom is 0.339 e. The molecular weight excluding hydrogens is 196 g/mol. The van der Waals surface area contributed by atoms with Crippen molar-refractivity contribution in [3.8, 4) is 5.75 Å². The third-order valence-corrected chi connectivity index (χ3v) is 2.10. The molecule has 0 aliphatic heterocycles. The van der Waals surface area contributed by atoms with Gasteiger partial charge in [0.1, 0.15) is 5.75 Å². The van der Waals surface area contributed by atoms with Gasteiger partial charge in [-0.3, -0.25) is 0 Å². The maximum absolute atomic E-state index is 11.2. The van der Waals surface area contributed by atoms with Gasteiger partial charge in [-0.15, -0.1) is 0 Å². The average Bonchev–Trinajstić information content (AvgIpc) is 2.27. The van der Waals surface area contributed by atoms with Gasteiger partial charge in [0, 0.05) is 5.56 Å². The first-order chi connectivity index (χ1) is 7.10. The minimum Gasteiger partial charge on any atom is -0.496 e. The molecule has 0 aromatic heterocycles. The van der Waals surface area contributed by atoms with E-state index in [4.69, 9.17) is 4.74 Å². The molecular formula is C11H14O4. The van der Waals surface area contributed by atoms with Crippen LogP contribution in [0.5, 0.6) is 5.75 Å². The molecule has 1 rings (SSSR count). The molecule has 0 radical (unpaired) electrons. The van der Waals surface area contributed by atoms with Crippen LogP contribution in [0.4, 0.5) is 0 Å². The van der Waals surface area contributed by atoms with Gasteiger partial charge in [0.05, 0.1) is 14.2 Å². The molecule has 0 aliphatic rings. The number of benzene rings is 1. The number of methoxy groups -OCH3 is 2. The van der Waals surface area contributed by atoms with E-state index >= 15 is 0 Å². The normalized spacial score (nSPS) is 12.0. The predicted octanol–water partition coefficient (Wildman–Crippen LogP) is 1.21. The highest BCUT2D eigenvalue weighted by Gasteiger charge is 2.21. The summed E-state index contributed by atoms with van der Waals surface area (Å²) >= 11 is 0. The van der Waals surface area contributed by atoms with Crippen LogP contribution in [0, 0.1) is 6.92 Å². The van der Waals surface area contributed by atoms with E-state index in [1.807, 2.05) is 13.0 Å². The molecule has 0 spiro atoms. The van der Waals surface area contributed by atoms with E-state index in [1.165, 1.54) is 14.2 Å². The largest absolute Gasteiger partial charge is 0.496 e. The van der Waals surface area contributed by atoms with E-state index in [2.05, 4.69) is 4.74 Å². The van der Waals surface area contributed by atoms with Crippen LogP contribution in [-0.4, -0.2) is 25.3 Å². The molecule has 4 heteroatoms. The molecule has 15 heavy (non-hydrogen) atoms. The number of esters is 1. The zero-order chi connectivity index (χ0) is 11.4. The third-order valence-electron chi connectivity index (χ3n) is 2.10. The van der Waals surface area contributed by atoms with Crippen molar-refractivity contribution in [3.63, 3.8) is 0 Å². The second-order valence-electron chi connectivity index (χ2n) is 3.17. The quantitative estimate of drug-likeness (QED) is 0.762. The van der Waals surface area contributed by atoms with Gasteiger partial charge in [0.2, 0.25) is 0 Å². The van der Waals surface area contributed by atoms with E-state index in [9.17, 15) is 9.90 Å². The molecule has 0 aliphatic carbocycles. The van der Waals surface area contributed by atoms with E-state index in [0.717, 1.165) is 5.56 Å². The fourth-order valence-corrected chi connectivity index (χ4v) is 1.31. The molecule has 1 aromatic carbocycles. The fourth-order valence-electron chi connectivity index (χ4n) is 1.31. The Kier molecular flexibility index (Phi) is 3.68. The Hall–Kier alpha value is -1.55. The highest BCUT2D eigenvalue weighted by Crippen LogP contribution is 2.26. The van der Waals surface area contributed by atoms with Crippen molar-refractivity contribution in [2.24, 2.45) is 0 Å². The lowest BCUT2D eigenvalue weighted by molar-refractivity contribution is -0.150. The summed E-state index contributed by atoms with van der Waals surface area (Å²) in [6.07, 6.45) is -1.30. The first-order valence-electron chi connectivity index (χ1n) is 4.50. The number of hydrogen-bond acceptors (Lipinski definition) is 4. The van der Waals surface area contributed by atoms with Crippen LogP contribution in [0.2, 0.25) is 0 Å². The summed E-state index contributed by atoms with van der Waals surface area (Å²) in [5, 5.41) is 9.67. The SMILES string of the molecule is COC(=O)C(O)c1cc(C)ccc1OC. The zero-order valence-corrected chi connectivity index (χ0v) is 8.98. The second-order valence-corrected chi connectivity index (χ2v) is 3.17. The Balaban J connectivity index is 3.10. The van der Waals surface area contributed by atoms with Gasteiger partial charge < -0.3 is 14.6 Å². The Labute approximate surface area is 88.4 Å². The van der Waals surface area contributed by atoms with Crippen molar-refractivity contribution in [1.82, 2.24) is 0 Å². The van der Waals surface area contributed by atoms with Crippen LogP contribution in [0.3, 0.4) is 0 Å². The summed E-state index contributed by atoms with van der Waals surface area (Å²) in [6, 6.07) is 5.24. The molecule has 0 saturated heterocycles. The van der Waals surface area contributed by atoms with Gasteiger partial charge in [-0.25, -0.2) is 4.79 Å². The van der Waals surface area contributed by atoms with Crippen LogP contribution in [-0.2, 0) is 9.53 Å². The van der Waals surface area contributed by atoms with Gasteiger partial charge in [-0.1, -0.05) is 11.6 Å². The summed E-state index contributed by atoms with van der Waals surface area (Å²) in [5.74, 6) is -0.225. The molecule has 1 atom stereocenters. The lowest BCUT2D eigenvalue weighted by Gasteiger charge is -2.13. The van der Waals surface area contributed by atoms with Crippen LogP contribution in [0.25, 0.3) is 0 Å². The maximum atomic E-state index is 11.2. The molecule has 0 heterocycles. The van der Waals surface area contributed by atoms with E-state index in [1.54, 1.807) is 12.1 Å². The first kappa shape index (κ1) is 11.5. The van der Waals surface area contributed by atoms with Crippen LogP contribution in [0.1, 0.15) is 17.2 Å². The summed E-state index contributed by atoms with van der Waals surface area (Å²) in [4.78, 5) is 11.2. The molecule has 82 valence electrons. The molecule has 0 fully saturated rings. The molecule has 0 amide bonds. The Bertz CT molecular complexity index is 360. The van der Waals surface area contributed by atoms with Gasteiger partial charge >= 0.3 is 5.97 Å². The Morgan fingerprint density at radius 2 is 2.07 bits per heavy atom. The lowest BCUT2D eigenvalue weighted by atomic mass is 10.1. The number of aliphatic hydroxyl groups excluding tert-OH is 1. The number of ether oxygens (including phenoxy) is 2. The topological polar surface area (TPSA) is 55.8 Å². The molecule has 1 N–H and O–H groups in total. The first-order valence-corrected chi connectivity index (χ1v) is 4.50.